The molecule has 2 N–H and O–H groups in total. The van der Waals surface area contributed by atoms with Crippen LogP contribution < -0.4 is 5.73 Å². The van der Waals surface area contributed by atoms with Gasteiger partial charge in [-0.25, -0.2) is 0 Å². The maximum Gasteiger partial charge on any atom is 0.0482 e. The van der Waals surface area contributed by atoms with Gasteiger partial charge in [-0.15, -0.1) is 0 Å². The summed E-state index contributed by atoms with van der Waals surface area (Å²) in [5, 5.41) is 0. The Morgan fingerprint density at radius 1 is 1.53 bits per heavy atom. The highest BCUT2D eigenvalue weighted by atomic mass is 15.1. The van der Waals surface area contributed by atoms with Crippen molar-refractivity contribution in [3.63, 3.8) is 0 Å². The fourth-order valence-corrected chi connectivity index (χ4v) is 1.71. The molecule has 0 bridgehead atoms. The molecule has 84 valence electrons. The molecule has 1 heterocycles. The topological polar surface area (TPSA) is 42.1 Å². The molecule has 0 spiro atoms. The van der Waals surface area contributed by atoms with Crippen molar-refractivity contribution in [3.05, 3.63) is 30.1 Å². The van der Waals surface area contributed by atoms with Crippen molar-refractivity contribution in [1.82, 2.24) is 9.88 Å². The molecule has 0 saturated carbocycles. The van der Waals surface area contributed by atoms with Gasteiger partial charge >= 0.3 is 0 Å². The van der Waals surface area contributed by atoms with Gasteiger partial charge in [0.05, 0.1) is 0 Å². The minimum absolute atomic E-state index is 0.297. The summed E-state index contributed by atoms with van der Waals surface area (Å²) in [5.74, 6) is 0. The van der Waals surface area contributed by atoms with Gasteiger partial charge in [0, 0.05) is 25.0 Å². The first kappa shape index (κ1) is 12.1. The van der Waals surface area contributed by atoms with Crippen LogP contribution in [0.2, 0.25) is 0 Å². The van der Waals surface area contributed by atoms with E-state index in [4.69, 9.17) is 5.73 Å². The second-order valence-electron chi connectivity index (χ2n) is 3.87. The lowest BCUT2D eigenvalue weighted by Gasteiger charge is -2.26. The van der Waals surface area contributed by atoms with Crippen molar-refractivity contribution in [2.75, 3.05) is 20.1 Å². The third kappa shape index (κ3) is 3.61. The molecule has 1 aromatic heterocycles. The zero-order valence-electron chi connectivity index (χ0n) is 9.69. The van der Waals surface area contributed by atoms with Crippen molar-refractivity contribution in [2.45, 2.75) is 25.8 Å². The van der Waals surface area contributed by atoms with Crippen molar-refractivity contribution >= 4 is 0 Å². The van der Waals surface area contributed by atoms with Gasteiger partial charge in [-0.1, -0.05) is 19.4 Å². The zero-order chi connectivity index (χ0) is 11.1. The van der Waals surface area contributed by atoms with Gasteiger partial charge in [0.25, 0.3) is 0 Å². The average Bonchev–Trinajstić information content (AvgIpc) is 2.29. The lowest BCUT2D eigenvalue weighted by molar-refractivity contribution is 0.246. The lowest BCUT2D eigenvalue weighted by atomic mass is 10.1. The molecule has 0 fully saturated rings. The monoisotopic (exact) mass is 207 g/mol. The van der Waals surface area contributed by atoms with Gasteiger partial charge in [-0.3, -0.25) is 9.88 Å². The molecule has 1 rings (SSSR count). The summed E-state index contributed by atoms with van der Waals surface area (Å²) >= 11 is 0. The fourth-order valence-electron chi connectivity index (χ4n) is 1.71. The van der Waals surface area contributed by atoms with E-state index in [9.17, 15) is 0 Å². The van der Waals surface area contributed by atoms with Crippen molar-refractivity contribution in [2.24, 2.45) is 5.73 Å². The maximum absolute atomic E-state index is 5.81. The highest BCUT2D eigenvalue weighted by Gasteiger charge is 2.14. The van der Waals surface area contributed by atoms with Gasteiger partial charge in [0.1, 0.15) is 0 Å². The Bertz CT molecular complexity index is 261. The van der Waals surface area contributed by atoms with E-state index >= 15 is 0 Å². The van der Waals surface area contributed by atoms with Crippen LogP contribution in [0.5, 0.6) is 0 Å². The Hall–Kier alpha value is -0.930. The third-order valence-electron chi connectivity index (χ3n) is 2.69. The van der Waals surface area contributed by atoms with Gasteiger partial charge in [0.2, 0.25) is 0 Å². The number of nitrogens with zero attached hydrogens (tertiary/aromatic N) is 2. The van der Waals surface area contributed by atoms with Crippen molar-refractivity contribution < 1.29 is 0 Å². The molecule has 0 aliphatic rings. The summed E-state index contributed by atoms with van der Waals surface area (Å²) < 4.78 is 0. The third-order valence-corrected chi connectivity index (χ3v) is 2.69. The minimum Gasteiger partial charge on any atom is -0.329 e. The van der Waals surface area contributed by atoms with Crippen LogP contribution in [0.3, 0.4) is 0 Å². The molecule has 3 nitrogen and oxygen atoms in total. The van der Waals surface area contributed by atoms with Crippen molar-refractivity contribution in [1.29, 1.82) is 0 Å². The number of nitrogens with two attached hydrogens (primary N) is 1. The Balaban J connectivity index is 2.63. The standard InChI is InChI=1S/C12H21N3/c1-3-4-8-15(2)12(9-13)11-6-5-7-14-10-11/h5-7,10,12H,3-4,8-9,13H2,1-2H3. The second kappa shape index (κ2) is 6.53. The van der Waals surface area contributed by atoms with E-state index in [0.717, 1.165) is 6.54 Å². The van der Waals surface area contributed by atoms with Crippen LogP contribution >= 0.6 is 0 Å². The van der Waals surface area contributed by atoms with Crippen LogP contribution in [-0.4, -0.2) is 30.0 Å². The highest BCUT2D eigenvalue weighted by Crippen LogP contribution is 2.17. The molecule has 0 aromatic carbocycles. The SMILES string of the molecule is CCCCN(C)C(CN)c1cccnc1. The summed E-state index contributed by atoms with van der Waals surface area (Å²) in [6, 6.07) is 4.35. The number of hydrogen-bond donors (Lipinski definition) is 1. The molecular formula is C12H21N3. The van der Waals surface area contributed by atoms with Gasteiger partial charge < -0.3 is 5.73 Å². The summed E-state index contributed by atoms with van der Waals surface area (Å²) in [4.78, 5) is 6.44. The van der Waals surface area contributed by atoms with E-state index in [1.807, 2.05) is 12.3 Å². The van der Waals surface area contributed by atoms with E-state index in [2.05, 4.69) is 29.9 Å². The van der Waals surface area contributed by atoms with Crippen LogP contribution in [0.15, 0.2) is 24.5 Å². The predicted octanol–water partition coefficient (Wildman–Crippen LogP) is 1.81. The number of likely N-dealkylation sites (N-methyl/N-ethyl adjacent to an activating group) is 1. The van der Waals surface area contributed by atoms with E-state index in [0.29, 0.717) is 12.6 Å². The maximum atomic E-state index is 5.81. The first-order valence-electron chi connectivity index (χ1n) is 5.59. The second-order valence-corrected chi connectivity index (χ2v) is 3.87. The molecule has 0 aliphatic heterocycles. The predicted molar refractivity (Wildman–Crippen MR) is 63.6 cm³/mol. The molecule has 1 unspecified atom stereocenters. The van der Waals surface area contributed by atoms with E-state index in [1.165, 1.54) is 18.4 Å². The molecule has 0 aliphatic carbocycles. The summed E-state index contributed by atoms with van der Waals surface area (Å²) in [7, 11) is 2.13. The Kier molecular flexibility index (Phi) is 5.29. The minimum atomic E-state index is 0.297. The Morgan fingerprint density at radius 2 is 2.33 bits per heavy atom. The number of pyridine rings is 1. The zero-order valence-corrected chi connectivity index (χ0v) is 9.69. The number of aromatic nitrogens is 1. The Labute approximate surface area is 92.3 Å². The van der Waals surface area contributed by atoms with E-state index in [-0.39, 0.29) is 0 Å². The molecule has 1 aromatic rings. The van der Waals surface area contributed by atoms with Crippen LogP contribution in [0.1, 0.15) is 31.4 Å². The number of hydrogen-bond acceptors (Lipinski definition) is 3. The highest BCUT2D eigenvalue weighted by molar-refractivity contribution is 5.14. The quantitative estimate of drug-likeness (QED) is 0.773. The molecule has 0 saturated heterocycles. The molecule has 0 radical (unpaired) electrons. The summed E-state index contributed by atoms with van der Waals surface area (Å²) in [5.41, 5.74) is 7.02. The van der Waals surface area contributed by atoms with Crippen LogP contribution in [-0.2, 0) is 0 Å². The fraction of sp³-hybridized carbons (Fsp3) is 0.583. The first-order valence-corrected chi connectivity index (χ1v) is 5.59. The van der Waals surface area contributed by atoms with Crippen LogP contribution in [0.4, 0.5) is 0 Å². The molecule has 3 heteroatoms. The van der Waals surface area contributed by atoms with Crippen LogP contribution in [0, 0.1) is 0 Å². The van der Waals surface area contributed by atoms with Crippen molar-refractivity contribution in [3.8, 4) is 0 Å². The first-order chi connectivity index (χ1) is 7.29. The van der Waals surface area contributed by atoms with Gasteiger partial charge in [-0.2, -0.15) is 0 Å². The average molecular weight is 207 g/mol. The normalized spacial score (nSPS) is 13.1. The van der Waals surface area contributed by atoms with Crippen LogP contribution in [0.25, 0.3) is 0 Å². The number of unbranched alkanes of at least 4 members (excludes halogenated alkanes) is 1. The lowest BCUT2D eigenvalue weighted by Crippen LogP contribution is -2.31. The number of rotatable bonds is 6. The van der Waals surface area contributed by atoms with Gasteiger partial charge in [0.15, 0.2) is 0 Å². The Morgan fingerprint density at radius 3 is 2.87 bits per heavy atom. The summed E-state index contributed by atoms with van der Waals surface area (Å²) in [6.45, 7) is 3.94. The largest absolute Gasteiger partial charge is 0.329 e. The molecule has 0 amide bonds. The smallest absolute Gasteiger partial charge is 0.0482 e. The van der Waals surface area contributed by atoms with E-state index in [1.54, 1.807) is 6.20 Å². The van der Waals surface area contributed by atoms with Gasteiger partial charge in [-0.05, 0) is 31.6 Å². The molecular weight excluding hydrogens is 186 g/mol. The van der Waals surface area contributed by atoms with E-state index < -0.39 is 0 Å². The summed E-state index contributed by atoms with van der Waals surface area (Å²) in [6.07, 6.45) is 6.13. The molecule has 1 atom stereocenters. The molecule has 15 heavy (non-hydrogen) atoms.